The van der Waals surface area contributed by atoms with E-state index in [1.165, 1.54) is 24.8 Å². The Bertz CT molecular complexity index is 314. The van der Waals surface area contributed by atoms with Crippen LogP contribution in [0.1, 0.15) is 39.2 Å². The molecule has 0 aliphatic heterocycles. The lowest BCUT2D eigenvalue weighted by Crippen LogP contribution is -2.35. The molecule has 0 aromatic heterocycles. The summed E-state index contributed by atoms with van der Waals surface area (Å²) < 4.78 is 1.16. The summed E-state index contributed by atoms with van der Waals surface area (Å²) in [5.41, 5.74) is 1.85. The van der Waals surface area contributed by atoms with Crippen LogP contribution in [0.4, 0.5) is 0 Å². The summed E-state index contributed by atoms with van der Waals surface area (Å²) >= 11 is 3.49. The van der Waals surface area contributed by atoms with E-state index in [0.29, 0.717) is 5.41 Å². The van der Waals surface area contributed by atoms with E-state index in [0.717, 1.165) is 17.6 Å². The highest BCUT2D eigenvalue weighted by Gasteiger charge is 2.25. The van der Waals surface area contributed by atoms with Gasteiger partial charge in [-0.15, -0.1) is 0 Å². The standard InChI is InChI=1S/C15H24BrN/c1-4-15(5-2,12-17-6-3)11-13-7-9-14(16)10-8-13/h7-10,17H,4-6,11-12H2,1-3H3. The van der Waals surface area contributed by atoms with Crippen LogP contribution in [0.15, 0.2) is 28.7 Å². The third kappa shape index (κ3) is 4.44. The van der Waals surface area contributed by atoms with Crippen LogP contribution in [0.5, 0.6) is 0 Å². The smallest absolute Gasteiger partial charge is 0.0175 e. The summed E-state index contributed by atoms with van der Waals surface area (Å²) in [5, 5.41) is 3.51. The van der Waals surface area contributed by atoms with E-state index in [1.807, 2.05) is 0 Å². The Hall–Kier alpha value is -0.340. The molecule has 0 radical (unpaired) electrons. The second-order valence-electron chi connectivity index (χ2n) is 4.79. The van der Waals surface area contributed by atoms with Gasteiger partial charge in [-0.25, -0.2) is 0 Å². The molecule has 1 aromatic rings. The van der Waals surface area contributed by atoms with Crippen molar-refractivity contribution in [1.29, 1.82) is 0 Å². The molecule has 0 fully saturated rings. The van der Waals surface area contributed by atoms with Crippen molar-refractivity contribution in [3.05, 3.63) is 34.3 Å². The van der Waals surface area contributed by atoms with Crippen LogP contribution in [0.2, 0.25) is 0 Å². The molecule has 1 aromatic carbocycles. The monoisotopic (exact) mass is 297 g/mol. The molecule has 0 bridgehead atoms. The van der Waals surface area contributed by atoms with Gasteiger partial charge in [-0.05, 0) is 48.9 Å². The molecule has 17 heavy (non-hydrogen) atoms. The maximum absolute atomic E-state index is 3.51. The van der Waals surface area contributed by atoms with Crippen LogP contribution in [0, 0.1) is 5.41 Å². The van der Waals surface area contributed by atoms with Gasteiger partial charge in [0.05, 0.1) is 0 Å². The van der Waals surface area contributed by atoms with Crippen LogP contribution < -0.4 is 5.32 Å². The fraction of sp³-hybridized carbons (Fsp3) is 0.600. The average Bonchev–Trinajstić information content (AvgIpc) is 2.37. The second-order valence-corrected chi connectivity index (χ2v) is 5.71. The van der Waals surface area contributed by atoms with Crippen LogP contribution >= 0.6 is 15.9 Å². The van der Waals surface area contributed by atoms with Gasteiger partial charge in [-0.3, -0.25) is 0 Å². The first-order valence-electron chi connectivity index (χ1n) is 6.61. The maximum atomic E-state index is 3.51. The summed E-state index contributed by atoms with van der Waals surface area (Å²) in [6, 6.07) is 8.74. The van der Waals surface area contributed by atoms with Gasteiger partial charge in [0.15, 0.2) is 0 Å². The molecule has 0 spiro atoms. The zero-order valence-corrected chi connectivity index (χ0v) is 12.8. The average molecular weight is 298 g/mol. The lowest BCUT2D eigenvalue weighted by Gasteiger charge is -2.32. The van der Waals surface area contributed by atoms with Crippen molar-refractivity contribution >= 4 is 15.9 Å². The van der Waals surface area contributed by atoms with Crippen molar-refractivity contribution < 1.29 is 0 Å². The number of benzene rings is 1. The highest BCUT2D eigenvalue weighted by atomic mass is 79.9. The largest absolute Gasteiger partial charge is 0.316 e. The number of halogens is 1. The van der Waals surface area contributed by atoms with Crippen molar-refractivity contribution in [2.45, 2.75) is 40.0 Å². The zero-order valence-electron chi connectivity index (χ0n) is 11.2. The minimum atomic E-state index is 0.407. The normalized spacial score (nSPS) is 11.8. The fourth-order valence-corrected chi connectivity index (χ4v) is 2.50. The Labute approximate surface area is 114 Å². The number of rotatable bonds is 7. The first-order valence-corrected chi connectivity index (χ1v) is 7.40. The molecule has 0 aliphatic rings. The van der Waals surface area contributed by atoms with Gasteiger partial charge in [-0.2, -0.15) is 0 Å². The molecule has 2 heteroatoms. The predicted molar refractivity (Wildman–Crippen MR) is 79.4 cm³/mol. The minimum absolute atomic E-state index is 0.407. The molecule has 0 amide bonds. The predicted octanol–water partition coefficient (Wildman–Crippen LogP) is 4.41. The van der Waals surface area contributed by atoms with Crippen molar-refractivity contribution in [2.24, 2.45) is 5.41 Å². The fourth-order valence-electron chi connectivity index (χ4n) is 2.24. The van der Waals surface area contributed by atoms with Crippen LogP contribution in [-0.2, 0) is 6.42 Å². The van der Waals surface area contributed by atoms with Crippen molar-refractivity contribution in [3.63, 3.8) is 0 Å². The van der Waals surface area contributed by atoms with Gasteiger partial charge in [0.2, 0.25) is 0 Å². The summed E-state index contributed by atoms with van der Waals surface area (Å²) in [4.78, 5) is 0. The minimum Gasteiger partial charge on any atom is -0.316 e. The van der Waals surface area contributed by atoms with Crippen molar-refractivity contribution in [1.82, 2.24) is 5.32 Å². The van der Waals surface area contributed by atoms with Gasteiger partial charge in [0.25, 0.3) is 0 Å². The van der Waals surface area contributed by atoms with Crippen LogP contribution in [0.3, 0.4) is 0 Å². The molecule has 0 atom stereocenters. The topological polar surface area (TPSA) is 12.0 Å². The van der Waals surface area contributed by atoms with E-state index < -0.39 is 0 Å². The summed E-state index contributed by atoms with van der Waals surface area (Å²) in [6.07, 6.45) is 3.62. The summed E-state index contributed by atoms with van der Waals surface area (Å²) in [6.45, 7) is 8.96. The van der Waals surface area contributed by atoms with Gasteiger partial charge in [0, 0.05) is 11.0 Å². The third-order valence-electron chi connectivity index (χ3n) is 3.74. The van der Waals surface area contributed by atoms with Crippen molar-refractivity contribution in [3.8, 4) is 0 Å². The quantitative estimate of drug-likeness (QED) is 0.786. The first kappa shape index (κ1) is 14.7. The number of nitrogens with one attached hydrogen (secondary N) is 1. The lowest BCUT2D eigenvalue weighted by molar-refractivity contribution is 0.248. The molecule has 0 heterocycles. The van der Waals surface area contributed by atoms with Crippen molar-refractivity contribution in [2.75, 3.05) is 13.1 Å². The molecule has 1 rings (SSSR count). The Morgan fingerprint density at radius 3 is 2.12 bits per heavy atom. The summed E-state index contributed by atoms with van der Waals surface area (Å²) in [5.74, 6) is 0. The molecule has 0 aliphatic carbocycles. The Morgan fingerprint density at radius 2 is 1.65 bits per heavy atom. The van der Waals surface area contributed by atoms with Crippen LogP contribution in [0.25, 0.3) is 0 Å². The molecular weight excluding hydrogens is 274 g/mol. The highest BCUT2D eigenvalue weighted by Crippen LogP contribution is 2.30. The third-order valence-corrected chi connectivity index (χ3v) is 4.27. The van der Waals surface area contributed by atoms with E-state index >= 15 is 0 Å². The Morgan fingerprint density at radius 1 is 1.06 bits per heavy atom. The molecule has 0 saturated heterocycles. The highest BCUT2D eigenvalue weighted by molar-refractivity contribution is 9.10. The molecule has 0 unspecified atom stereocenters. The van der Waals surface area contributed by atoms with Gasteiger partial charge in [0.1, 0.15) is 0 Å². The SMILES string of the molecule is CCNCC(CC)(CC)Cc1ccc(Br)cc1. The summed E-state index contributed by atoms with van der Waals surface area (Å²) in [7, 11) is 0. The Kier molecular flexibility index (Phi) is 6.21. The Balaban J connectivity index is 2.74. The van der Waals surface area contributed by atoms with Gasteiger partial charge in [-0.1, -0.05) is 48.8 Å². The van der Waals surface area contributed by atoms with E-state index in [1.54, 1.807) is 0 Å². The zero-order chi connectivity index (χ0) is 12.7. The number of hydrogen-bond donors (Lipinski definition) is 1. The van der Waals surface area contributed by atoms with E-state index in [2.05, 4.69) is 66.3 Å². The van der Waals surface area contributed by atoms with Crippen LogP contribution in [-0.4, -0.2) is 13.1 Å². The molecule has 1 nitrogen and oxygen atoms in total. The second kappa shape index (κ2) is 7.17. The number of hydrogen-bond acceptors (Lipinski definition) is 1. The molecule has 1 N–H and O–H groups in total. The molecular formula is C15H24BrN. The van der Waals surface area contributed by atoms with E-state index in [4.69, 9.17) is 0 Å². The maximum Gasteiger partial charge on any atom is 0.0175 e. The van der Waals surface area contributed by atoms with Gasteiger partial charge < -0.3 is 5.32 Å². The van der Waals surface area contributed by atoms with E-state index in [-0.39, 0.29) is 0 Å². The molecule has 96 valence electrons. The van der Waals surface area contributed by atoms with Gasteiger partial charge >= 0.3 is 0 Å². The lowest BCUT2D eigenvalue weighted by atomic mass is 9.77. The van der Waals surface area contributed by atoms with E-state index in [9.17, 15) is 0 Å². The first-order chi connectivity index (χ1) is 8.15. The molecule has 0 saturated carbocycles.